The van der Waals surface area contributed by atoms with Crippen molar-refractivity contribution in [2.45, 2.75) is 26.8 Å². The van der Waals surface area contributed by atoms with E-state index in [1.807, 2.05) is 13.0 Å². The first-order valence-electron chi connectivity index (χ1n) is 5.81. The molecule has 0 saturated carbocycles. The van der Waals surface area contributed by atoms with Gasteiger partial charge in [0.05, 0.1) is 18.7 Å². The average molecular weight is 278 g/mol. The molecule has 2 heterocycles. The maximum Gasteiger partial charge on any atom is 0.308 e. The minimum atomic E-state index is -0.869. The van der Waals surface area contributed by atoms with Gasteiger partial charge in [-0.3, -0.25) is 9.59 Å². The molecule has 0 aliphatic carbocycles. The lowest BCUT2D eigenvalue weighted by Gasteiger charge is -2.06. The molecule has 6 heteroatoms. The molecule has 5 nitrogen and oxygen atoms in total. The topological polar surface area (TPSA) is 72.2 Å². The van der Waals surface area contributed by atoms with Crippen LogP contribution in [0.3, 0.4) is 0 Å². The van der Waals surface area contributed by atoms with Gasteiger partial charge in [-0.15, -0.1) is 11.3 Å². The highest BCUT2D eigenvalue weighted by molar-refractivity contribution is 7.11. The molecule has 19 heavy (non-hydrogen) atoms. The summed E-state index contributed by atoms with van der Waals surface area (Å²) in [7, 11) is 0. The third kappa shape index (κ3) is 3.08. The van der Waals surface area contributed by atoms with Crippen LogP contribution in [0.25, 0.3) is 0 Å². The summed E-state index contributed by atoms with van der Waals surface area (Å²) in [6.45, 7) is 4.04. The van der Waals surface area contributed by atoms with Crippen molar-refractivity contribution in [3.63, 3.8) is 0 Å². The summed E-state index contributed by atoms with van der Waals surface area (Å²) in [5.41, 5.74) is 1.51. The molecular formula is C13H14N2O3S. The normalized spacial score (nSPS) is 10.6. The SMILES string of the molecule is Cc1nc(Cn2c(C)cccc2=O)sc1CC(=O)O. The van der Waals surface area contributed by atoms with Crippen LogP contribution >= 0.6 is 11.3 Å². The van der Waals surface area contributed by atoms with E-state index >= 15 is 0 Å². The van der Waals surface area contributed by atoms with Crippen LogP contribution in [-0.4, -0.2) is 20.6 Å². The molecule has 100 valence electrons. The van der Waals surface area contributed by atoms with Gasteiger partial charge >= 0.3 is 5.97 Å². The monoisotopic (exact) mass is 278 g/mol. The first-order valence-corrected chi connectivity index (χ1v) is 6.62. The number of carbonyl (C=O) groups is 1. The molecule has 0 aromatic carbocycles. The highest BCUT2D eigenvalue weighted by Crippen LogP contribution is 2.19. The van der Waals surface area contributed by atoms with E-state index in [0.29, 0.717) is 6.54 Å². The summed E-state index contributed by atoms with van der Waals surface area (Å²) < 4.78 is 1.63. The van der Waals surface area contributed by atoms with Gasteiger partial charge in [0.1, 0.15) is 5.01 Å². The third-order valence-electron chi connectivity index (χ3n) is 2.81. The highest BCUT2D eigenvalue weighted by Gasteiger charge is 2.12. The summed E-state index contributed by atoms with van der Waals surface area (Å²) in [4.78, 5) is 27.6. The van der Waals surface area contributed by atoms with Gasteiger partial charge in [0.15, 0.2) is 0 Å². The molecule has 1 N–H and O–H groups in total. The number of aromatic nitrogens is 2. The number of thiazole rings is 1. The number of rotatable bonds is 4. The largest absolute Gasteiger partial charge is 0.481 e. The van der Waals surface area contributed by atoms with Crippen molar-refractivity contribution in [2.24, 2.45) is 0 Å². The van der Waals surface area contributed by atoms with E-state index in [-0.39, 0.29) is 12.0 Å². The number of pyridine rings is 1. The number of nitrogens with zero attached hydrogens (tertiary/aromatic N) is 2. The number of aliphatic carboxylic acids is 1. The van der Waals surface area contributed by atoms with Crippen LogP contribution < -0.4 is 5.56 Å². The Balaban J connectivity index is 2.29. The molecule has 0 atom stereocenters. The lowest BCUT2D eigenvalue weighted by Crippen LogP contribution is -2.21. The first-order chi connectivity index (χ1) is 8.97. The van der Waals surface area contributed by atoms with Crippen LogP contribution in [0, 0.1) is 13.8 Å². The van der Waals surface area contributed by atoms with E-state index < -0.39 is 5.97 Å². The maximum absolute atomic E-state index is 11.8. The zero-order valence-corrected chi connectivity index (χ0v) is 11.5. The Hall–Kier alpha value is -1.95. The maximum atomic E-state index is 11.8. The first kappa shape index (κ1) is 13.5. The van der Waals surface area contributed by atoms with E-state index in [1.165, 1.54) is 17.4 Å². The predicted molar refractivity (Wildman–Crippen MR) is 72.7 cm³/mol. The fourth-order valence-corrected chi connectivity index (χ4v) is 2.87. The van der Waals surface area contributed by atoms with Crippen LogP contribution in [0.15, 0.2) is 23.0 Å². The molecule has 0 radical (unpaired) electrons. The molecule has 0 fully saturated rings. The van der Waals surface area contributed by atoms with Crippen LogP contribution in [0.5, 0.6) is 0 Å². The Labute approximate surface area is 114 Å². The molecular weight excluding hydrogens is 264 g/mol. The second-order valence-electron chi connectivity index (χ2n) is 4.28. The molecule has 2 aromatic rings. The number of carboxylic acids is 1. The molecule has 0 aliphatic rings. The summed E-state index contributed by atoms with van der Waals surface area (Å²) in [6, 6.07) is 5.09. The molecule has 0 spiro atoms. The van der Waals surface area contributed by atoms with Gasteiger partial charge in [-0.05, 0) is 19.9 Å². The smallest absolute Gasteiger partial charge is 0.308 e. The number of carboxylic acid groups (broad SMARTS) is 1. The number of hydrogen-bond acceptors (Lipinski definition) is 4. The Morgan fingerprint density at radius 3 is 2.79 bits per heavy atom. The van der Waals surface area contributed by atoms with E-state index in [0.717, 1.165) is 21.3 Å². The van der Waals surface area contributed by atoms with Gasteiger partial charge in [0.25, 0.3) is 5.56 Å². The van der Waals surface area contributed by atoms with Gasteiger partial charge in [0, 0.05) is 16.6 Å². The van der Waals surface area contributed by atoms with Crippen LogP contribution in [0.4, 0.5) is 0 Å². The quantitative estimate of drug-likeness (QED) is 0.922. The zero-order valence-electron chi connectivity index (χ0n) is 10.7. The summed E-state index contributed by atoms with van der Waals surface area (Å²) in [5.74, 6) is -0.869. The summed E-state index contributed by atoms with van der Waals surface area (Å²) in [5, 5.41) is 9.56. The van der Waals surface area contributed by atoms with Crippen molar-refractivity contribution in [2.75, 3.05) is 0 Å². The van der Waals surface area contributed by atoms with E-state index in [2.05, 4.69) is 4.98 Å². The van der Waals surface area contributed by atoms with Crippen LogP contribution in [-0.2, 0) is 17.8 Å². The van der Waals surface area contributed by atoms with Gasteiger partial charge in [-0.2, -0.15) is 0 Å². The third-order valence-corrected chi connectivity index (χ3v) is 3.95. The van der Waals surface area contributed by atoms with Crippen molar-refractivity contribution >= 4 is 17.3 Å². The van der Waals surface area contributed by atoms with Crippen molar-refractivity contribution < 1.29 is 9.90 Å². The van der Waals surface area contributed by atoms with Gasteiger partial charge in [-0.1, -0.05) is 6.07 Å². The van der Waals surface area contributed by atoms with Gasteiger partial charge in [-0.25, -0.2) is 4.98 Å². The minimum absolute atomic E-state index is 0.0217. The van der Waals surface area contributed by atoms with Crippen LogP contribution in [0.2, 0.25) is 0 Å². The number of hydrogen-bond donors (Lipinski definition) is 1. The fourth-order valence-electron chi connectivity index (χ4n) is 1.82. The van der Waals surface area contributed by atoms with Crippen molar-refractivity contribution in [1.29, 1.82) is 0 Å². The molecule has 2 aromatic heterocycles. The molecule has 2 rings (SSSR count). The zero-order chi connectivity index (χ0) is 14.0. The second-order valence-corrected chi connectivity index (χ2v) is 5.45. The Bertz CT molecular complexity index is 673. The fraction of sp³-hybridized carbons (Fsp3) is 0.308. The number of aryl methyl sites for hydroxylation is 2. The van der Waals surface area contributed by atoms with E-state index in [1.54, 1.807) is 17.6 Å². The highest BCUT2D eigenvalue weighted by atomic mass is 32.1. The minimum Gasteiger partial charge on any atom is -0.481 e. The van der Waals surface area contributed by atoms with Gasteiger partial charge in [0.2, 0.25) is 0 Å². The van der Waals surface area contributed by atoms with Crippen molar-refractivity contribution in [3.05, 3.63) is 49.8 Å². The van der Waals surface area contributed by atoms with Gasteiger partial charge < -0.3 is 9.67 Å². The van der Waals surface area contributed by atoms with E-state index in [4.69, 9.17) is 5.11 Å². The second kappa shape index (κ2) is 5.36. The molecule has 0 bridgehead atoms. The van der Waals surface area contributed by atoms with E-state index in [9.17, 15) is 9.59 Å². The molecule has 0 unspecified atom stereocenters. The average Bonchev–Trinajstić information content (AvgIpc) is 2.64. The summed E-state index contributed by atoms with van der Waals surface area (Å²) >= 11 is 1.35. The molecule has 0 saturated heterocycles. The lowest BCUT2D eigenvalue weighted by atomic mass is 10.3. The Morgan fingerprint density at radius 1 is 1.42 bits per heavy atom. The molecule has 0 amide bonds. The Kier molecular flexibility index (Phi) is 3.80. The Morgan fingerprint density at radius 2 is 2.16 bits per heavy atom. The van der Waals surface area contributed by atoms with Crippen molar-refractivity contribution in [1.82, 2.24) is 9.55 Å². The van der Waals surface area contributed by atoms with Crippen LogP contribution in [0.1, 0.15) is 21.3 Å². The standard InChI is InChI=1S/C13H14N2O3S/c1-8-4-3-5-12(16)15(8)7-11-14-9(2)10(19-11)6-13(17)18/h3-5H,6-7H2,1-2H3,(H,17,18). The molecule has 0 aliphatic heterocycles. The summed E-state index contributed by atoms with van der Waals surface area (Å²) in [6.07, 6.45) is -0.0217. The predicted octanol–water partition coefficient (Wildman–Crippen LogP) is 1.60. The van der Waals surface area contributed by atoms with Crippen molar-refractivity contribution in [3.8, 4) is 0 Å². The lowest BCUT2D eigenvalue weighted by molar-refractivity contribution is -0.136.